The molecule has 1 aliphatic rings. The standard InChI is InChI=1S/C14H24ClN3/c1-5-18-12(13(15)11(4)17-18)7-14(6-10(2)3)8-16-9-14/h10,16H,5-9H2,1-4H3. The summed E-state index contributed by atoms with van der Waals surface area (Å²) < 4.78 is 2.07. The molecule has 2 rings (SSSR count). The van der Waals surface area contributed by atoms with Crippen LogP contribution >= 0.6 is 11.6 Å². The summed E-state index contributed by atoms with van der Waals surface area (Å²) in [6, 6.07) is 0. The van der Waals surface area contributed by atoms with Gasteiger partial charge in [-0.2, -0.15) is 5.10 Å². The van der Waals surface area contributed by atoms with Gasteiger partial charge in [0, 0.05) is 25.0 Å². The summed E-state index contributed by atoms with van der Waals surface area (Å²) in [6.45, 7) is 11.8. The highest BCUT2D eigenvalue weighted by Gasteiger charge is 2.39. The highest BCUT2D eigenvalue weighted by atomic mass is 35.5. The average Bonchev–Trinajstić information content (AvgIpc) is 2.53. The van der Waals surface area contributed by atoms with Crippen LogP contribution in [0, 0.1) is 18.3 Å². The molecule has 1 N–H and O–H groups in total. The number of nitrogens with one attached hydrogen (secondary N) is 1. The Bertz CT molecular complexity index is 419. The van der Waals surface area contributed by atoms with E-state index in [1.807, 2.05) is 6.92 Å². The van der Waals surface area contributed by atoms with E-state index in [0.717, 1.165) is 42.7 Å². The number of hydrogen-bond donors (Lipinski definition) is 1. The van der Waals surface area contributed by atoms with E-state index in [2.05, 4.69) is 35.9 Å². The van der Waals surface area contributed by atoms with Crippen LogP contribution in [0.5, 0.6) is 0 Å². The van der Waals surface area contributed by atoms with Gasteiger partial charge < -0.3 is 5.32 Å². The first-order chi connectivity index (χ1) is 8.47. The first kappa shape index (κ1) is 13.9. The van der Waals surface area contributed by atoms with E-state index < -0.39 is 0 Å². The number of hydrogen-bond acceptors (Lipinski definition) is 2. The fourth-order valence-electron chi connectivity index (χ4n) is 3.08. The monoisotopic (exact) mass is 269 g/mol. The lowest BCUT2D eigenvalue weighted by atomic mass is 9.72. The summed E-state index contributed by atoms with van der Waals surface area (Å²) in [6.07, 6.45) is 2.30. The molecule has 18 heavy (non-hydrogen) atoms. The van der Waals surface area contributed by atoms with E-state index in [4.69, 9.17) is 11.6 Å². The molecule has 1 aromatic heterocycles. The third kappa shape index (κ3) is 2.57. The fraction of sp³-hybridized carbons (Fsp3) is 0.786. The maximum atomic E-state index is 6.41. The van der Waals surface area contributed by atoms with Crippen molar-refractivity contribution in [2.75, 3.05) is 13.1 Å². The van der Waals surface area contributed by atoms with Crippen molar-refractivity contribution in [1.29, 1.82) is 0 Å². The van der Waals surface area contributed by atoms with Gasteiger partial charge in [0.25, 0.3) is 0 Å². The topological polar surface area (TPSA) is 29.9 Å². The zero-order valence-corrected chi connectivity index (χ0v) is 12.6. The molecule has 0 amide bonds. The van der Waals surface area contributed by atoms with Crippen LogP contribution in [0.25, 0.3) is 0 Å². The van der Waals surface area contributed by atoms with Gasteiger partial charge in [0.15, 0.2) is 0 Å². The number of halogens is 1. The maximum Gasteiger partial charge on any atom is 0.0847 e. The van der Waals surface area contributed by atoms with Gasteiger partial charge in [-0.1, -0.05) is 25.4 Å². The lowest BCUT2D eigenvalue weighted by Crippen LogP contribution is -2.55. The van der Waals surface area contributed by atoms with E-state index in [-0.39, 0.29) is 0 Å². The predicted molar refractivity (Wildman–Crippen MR) is 76.1 cm³/mol. The van der Waals surface area contributed by atoms with Gasteiger partial charge in [0.2, 0.25) is 0 Å². The van der Waals surface area contributed by atoms with Crippen LogP contribution in [0.3, 0.4) is 0 Å². The van der Waals surface area contributed by atoms with E-state index in [9.17, 15) is 0 Å². The van der Waals surface area contributed by atoms with Gasteiger partial charge in [-0.05, 0) is 32.6 Å². The molecule has 0 bridgehead atoms. The van der Waals surface area contributed by atoms with E-state index >= 15 is 0 Å². The average molecular weight is 270 g/mol. The van der Waals surface area contributed by atoms with Crippen molar-refractivity contribution in [1.82, 2.24) is 15.1 Å². The molecule has 0 spiro atoms. The van der Waals surface area contributed by atoms with Crippen LogP contribution in [-0.4, -0.2) is 22.9 Å². The molecular formula is C14H24ClN3. The van der Waals surface area contributed by atoms with Crippen LogP contribution in [0.2, 0.25) is 5.02 Å². The van der Waals surface area contributed by atoms with Crippen molar-refractivity contribution in [3.63, 3.8) is 0 Å². The second kappa shape index (κ2) is 5.22. The smallest absolute Gasteiger partial charge is 0.0847 e. The highest BCUT2D eigenvalue weighted by Crippen LogP contribution is 2.37. The van der Waals surface area contributed by atoms with Gasteiger partial charge >= 0.3 is 0 Å². The number of aromatic nitrogens is 2. The Morgan fingerprint density at radius 2 is 2.11 bits per heavy atom. The summed E-state index contributed by atoms with van der Waals surface area (Å²) in [5, 5.41) is 8.80. The Morgan fingerprint density at radius 1 is 1.44 bits per heavy atom. The van der Waals surface area contributed by atoms with Crippen molar-refractivity contribution < 1.29 is 0 Å². The summed E-state index contributed by atoms with van der Waals surface area (Å²) in [4.78, 5) is 0. The summed E-state index contributed by atoms with van der Waals surface area (Å²) in [5.41, 5.74) is 2.57. The van der Waals surface area contributed by atoms with Crippen molar-refractivity contribution in [2.45, 2.75) is 47.1 Å². The first-order valence-electron chi connectivity index (χ1n) is 6.90. The third-order valence-electron chi connectivity index (χ3n) is 3.84. The molecule has 3 nitrogen and oxygen atoms in total. The molecule has 0 aromatic carbocycles. The fourth-order valence-corrected chi connectivity index (χ4v) is 3.28. The maximum absolute atomic E-state index is 6.41. The van der Waals surface area contributed by atoms with Gasteiger partial charge in [0.05, 0.1) is 16.4 Å². The Hall–Kier alpha value is -0.540. The zero-order chi connectivity index (χ0) is 13.3. The minimum absolute atomic E-state index is 0.386. The second-order valence-corrected chi connectivity index (χ2v) is 6.42. The van der Waals surface area contributed by atoms with Crippen LogP contribution in [0.4, 0.5) is 0 Å². The second-order valence-electron chi connectivity index (χ2n) is 6.04. The first-order valence-corrected chi connectivity index (χ1v) is 7.28. The molecule has 0 radical (unpaired) electrons. The molecule has 0 unspecified atom stereocenters. The molecule has 102 valence electrons. The number of aryl methyl sites for hydroxylation is 2. The SMILES string of the molecule is CCn1nc(C)c(Cl)c1CC1(CC(C)C)CNC1. The molecule has 4 heteroatoms. The van der Waals surface area contributed by atoms with Crippen LogP contribution in [-0.2, 0) is 13.0 Å². The van der Waals surface area contributed by atoms with Crippen molar-refractivity contribution in [3.8, 4) is 0 Å². The summed E-state index contributed by atoms with van der Waals surface area (Å²) >= 11 is 6.41. The Labute approximate surface area is 115 Å². The van der Waals surface area contributed by atoms with Gasteiger partial charge in [-0.15, -0.1) is 0 Å². The molecule has 1 aromatic rings. The number of rotatable bonds is 5. The molecule has 0 atom stereocenters. The van der Waals surface area contributed by atoms with Gasteiger partial charge in [-0.3, -0.25) is 4.68 Å². The van der Waals surface area contributed by atoms with Crippen molar-refractivity contribution >= 4 is 11.6 Å². The Kier molecular flexibility index (Phi) is 4.02. The lowest BCUT2D eigenvalue weighted by Gasteiger charge is -2.44. The molecule has 2 heterocycles. The minimum atomic E-state index is 0.386. The van der Waals surface area contributed by atoms with E-state index in [1.165, 1.54) is 12.1 Å². The molecular weight excluding hydrogens is 246 g/mol. The quantitative estimate of drug-likeness (QED) is 0.890. The Balaban J connectivity index is 2.22. The molecule has 0 saturated carbocycles. The summed E-state index contributed by atoms with van der Waals surface area (Å²) in [7, 11) is 0. The van der Waals surface area contributed by atoms with Crippen molar-refractivity contribution in [3.05, 3.63) is 16.4 Å². The molecule has 1 fully saturated rings. The summed E-state index contributed by atoms with van der Waals surface area (Å²) in [5.74, 6) is 0.727. The van der Waals surface area contributed by atoms with Crippen LogP contribution in [0.1, 0.15) is 38.6 Å². The zero-order valence-electron chi connectivity index (χ0n) is 11.9. The predicted octanol–water partition coefficient (Wildman–Crippen LogP) is 3.04. The van der Waals surface area contributed by atoms with E-state index in [1.54, 1.807) is 0 Å². The van der Waals surface area contributed by atoms with Crippen LogP contribution in [0.15, 0.2) is 0 Å². The normalized spacial score (nSPS) is 18.1. The largest absolute Gasteiger partial charge is 0.316 e. The van der Waals surface area contributed by atoms with Gasteiger partial charge in [0.1, 0.15) is 0 Å². The highest BCUT2D eigenvalue weighted by molar-refractivity contribution is 6.31. The third-order valence-corrected chi connectivity index (χ3v) is 4.33. The minimum Gasteiger partial charge on any atom is -0.316 e. The van der Waals surface area contributed by atoms with Crippen molar-refractivity contribution in [2.24, 2.45) is 11.3 Å². The lowest BCUT2D eigenvalue weighted by molar-refractivity contribution is 0.128. The Morgan fingerprint density at radius 3 is 2.56 bits per heavy atom. The van der Waals surface area contributed by atoms with E-state index in [0.29, 0.717) is 5.41 Å². The van der Waals surface area contributed by atoms with Gasteiger partial charge in [-0.25, -0.2) is 0 Å². The van der Waals surface area contributed by atoms with Crippen LogP contribution < -0.4 is 5.32 Å². The molecule has 0 aliphatic carbocycles. The number of nitrogens with zero attached hydrogens (tertiary/aromatic N) is 2. The molecule has 1 saturated heterocycles. The molecule has 1 aliphatic heterocycles.